The highest BCUT2D eigenvalue weighted by atomic mass is 31.2. The summed E-state index contributed by atoms with van der Waals surface area (Å²) in [6.07, 6.45) is 42.4. The van der Waals surface area contributed by atoms with E-state index >= 15 is 0 Å². The maximum absolute atomic E-state index is 12.7. The van der Waals surface area contributed by atoms with E-state index in [0.717, 1.165) is 51.4 Å². The molecule has 62 heavy (non-hydrogen) atoms. The molecule has 5 N–H and O–H groups in total. The third kappa shape index (κ3) is 44.1. The number of rotatable bonds is 42. The van der Waals surface area contributed by atoms with Crippen LogP contribution < -0.4 is 0 Å². The van der Waals surface area contributed by atoms with Crippen LogP contribution in [0.2, 0.25) is 0 Å². The highest BCUT2D eigenvalue weighted by molar-refractivity contribution is 7.47. The number of carbonyl (C=O) groups excluding carboxylic acids is 2. The molecule has 0 saturated heterocycles. The molecule has 0 aliphatic rings. The molecule has 0 aromatic rings. The van der Waals surface area contributed by atoms with Crippen molar-refractivity contribution in [2.75, 3.05) is 26.4 Å². The van der Waals surface area contributed by atoms with E-state index in [1.54, 1.807) is 6.08 Å². The Morgan fingerprint density at radius 2 is 1.06 bits per heavy atom. The van der Waals surface area contributed by atoms with Crippen LogP contribution in [0.25, 0.3) is 0 Å². The average molecular weight is 919 g/mol. The molecule has 0 rings (SSSR count). The number of aliphatic hydroxyl groups is 2. The lowest BCUT2D eigenvalue weighted by Crippen LogP contribution is -2.30. The molecule has 358 valence electrons. The van der Waals surface area contributed by atoms with Crippen LogP contribution in [-0.2, 0) is 41.8 Å². The first-order valence-corrected chi connectivity index (χ1v) is 25.8. The third-order valence-electron chi connectivity index (χ3n) is 9.14. The Kier molecular flexibility index (Phi) is 39.6. The van der Waals surface area contributed by atoms with Gasteiger partial charge >= 0.3 is 27.6 Å². The van der Waals surface area contributed by atoms with Crippen LogP contribution in [0.1, 0.15) is 162 Å². The molecule has 0 aromatic carbocycles. The molecule has 2 unspecified atom stereocenters. The lowest BCUT2D eigenvalue weighted by Gasteiger charge is -2.20. The summed E-state index contributed by atoms with van der Waals surface area (Å²) < 4.78 is 47.7. The number of carbonyl (C=O) groups is 2. The molecule has 0 fully saturated rings. The first-order valence-electron chi connectivity index (χ1n) is 22.7. The second-order valence-electron chi connectivity index (χ2n) is 15.1. The van der Waals surface area contributed by atoms with E-state index in [-0.39, 0.29) is 12.8 Å². The summed E-state index contributed by atoms with van der Waals surface area (Å²) in [4.78, 5) is 52.7. The minimum absolute atomic E-state index is 0.0953. The normalized spacial score (nSPS) is 15.1. The molecule has 0 aromatic heterocycles. The van der Waals surface area contributed by atoms with Gasteiger partial charge in [0.25, 0.3) is 0 Å². The SMILES string of the molecule is CC/C=C\C(O)C/C=C/C=C\C/C=C\C/C=C\CCCC(=O)OC[C@H](COP(=O)(O)OC[C@@H](O)COP(=O)(O)O)OC(=O)CCCCCCCCC/C=C\CCCCCCCC. The van der Waals surface area contributed by atoms with Crippen LogP contribution in [0.5, 0.6) is 0 Å². The highest BCUT2D eigenvalue weighted by Crippen LogP contribution is 2.43. The largest absolute Gasteiger partial charge is 0.472 e. The van der Waals surface area contributed by atoms with E-state index in [1.165, 1.54) is 57.8 Å². The van der Waals surface area contributed by atoms with Gasteiger partial charge in [-0.3, -0.25) is 23.2 Å². The quantitative estimate of drug-likeness (QED) is 0.0127. The Bertz CT molecular complexity index is 1390. The van der Waals surface area contributed by atoms with Crippen molar-refractivity contribution in [1.82, 2.24) is 0 Å². The first-order chi connectivity index (χ1) is 29.8. The van der Waals surface area contributed by atoms with Gasteiger partial charge in [0, 0.05) is 12.8 Å². The van der Waals surface area contributed by atoms with Gasteiger partial charge in [-0.15, -0.1) is 0 Å². The van der Waals surface area contributed by atoms with E-state index < -0.39 is 72.3 Å². The van der Waals surface area contributed by atoms with E-state index in [9.17, 15) is 33.8 Å². The van der Waals surface area contributed by atoms with E-state index in [0.29, 0.717) is 25.7 Å². The van der Waals surface area contributed by atoms with Crippen LogP contribution >= 0.6 is 15.6 Å². The summed E-state index contributed by atoms with van der Waals surface area (Å²) in [7, 11) is -9.71. The van der Waals surface area contributed by atoms with Crippen molar-refractivity contribution in [1.29, 1.82) is 0 Å². The number of aliphatic hydroxyl groups excluding tert-OH is 2. The van der Waals surface area contributed by atoms with Crippen molar-refractivity contribution >= 4 is 27.6 Å². The lowest BCUT2D eigenvalue weighted by molar-refractivity contribution is -0.161. The molecule has 0 radical (unpaired) electrons. The maximum atomic E-state index is 12.7. The van der Waals surface area contributed by atoms with Gasteiger partial charge in [-0.1, -0.05) is 151 Å². The van der Waals surface area contributed by atoms with E-state index in [2.05, 4.69) is 28.1 Å². The number of unbranched alkanes of at least 4 members (excludes halogenated alkanes) is 14. The van der Waals surface area contributed by atoms with Gasteiger partial charge in [0.15, 0.2) is 6.10 Å². The molecule has 0 aliphatic heterocycles. The Balaban J connectivity index is 4.62. The molecular formula is C46H80O14P2. The number of hydrogen-bond acceptors (Lipinski definition) is 11. The van der Waals surface area contributed by atoms with Crippen molar-refractivity contribution in [3.8, 4) is 0 Å². The monoisotopic (exact) mass is 919 g/mol. The molecule has 0 heterocycles. The Labute approximate surface area is 372 Å². The number of phosphoric ester groups is 2. The van der Waals surface area contributed by atoms with Gasteiger partial charge in [-0.25, -0.2) is 9.13 Å². The summed E-state index contributed by atoms with van der Waals surface area (Å²) in [5.74, 6) is -1.13. The predicted molar refractivity (Wildman–Crippen MR) is 245 cm³/mol. The fourth-order valence-corrected chi connectivity index (χ4v) is 6.85. The Morgan fingerprint density at radius 3 is 1.71 bits per heavy atom. The van der Waals surface area contributed by atoms with Gasteiger partial charge in [-0.05, 0) is 70.6 Å². The molecule has 14 nitrogen and oxygen atoms in total. The highest BCUT2D eigenvalue weighted by Gasteiger charge is 2.28. The zero-order valence-electron chi connectivity index (χ0n) is 37.6. The Hall–Kier alpha value is -2.48. The second kappa shape index (κ2) is 41.2. The zero-order valence-corrected chi connectivity index (χ0v) is 39.3. The predicted octanol–water partition coefficient (Wildman–Crippen LogP) is 10.8. The smallest absolute Gasteiger partial charge is 0.462 e. The number of ether oxygens (including phenoxy) is 2. The average Bonchev–Trinajstić information content (AvgIpc) is 3.23. The fraction of sp³-hybridized carbons (Fsp3) is 0.696. The first kappa shape index (κ1) is 59.5. The summed E-state index contributed by atoms with van der Waals surface area (Å²) >= 11 is 0. The van der Waals surface area contributed by atoms with Gasteiger partial charge in [0.2, 0.25) is 0 Å². The second-order valence-corrected chi connectivity index (χ2v) is 17.8. The number of hydrogen-bond donors (Lipinski definition) is 5. The molecule has 16 heteroatoms. The van der Waals surface area contributed by atoms with E-state index in [1.807, 2.05) is 61.6 Å². The van der Waals surface area contributed by atoms with Crippen molar-refractivity contribution in [2.24, 2.45) is 0 Å². The van der Waals surface area contributed by atoms with Crippen molar-refractivity contribution in [3.05, 3.63) is 72.9 Å². The molecule has 0 aliphatic carbocycles. The summed E-state index contributed by atoms with van der Waals surface area (Å²) in [5, 5.41) is 19.5. The zero-order chi connectivity index (χ0) is 46.0. The Morgan fingerprint density at radius 1 is 0.548 bits per heavy atom. The van der Waals surface area contributed by atoms with Crippen LogP contribution in [0.4, 0.5) is 0 Å². The molecular weight excluding hydrogens is 838 g/mol. The summed E-state index contributed by atoms with van der Waals surface area (Å²) in [5.41, 5.74) is 0. The van der Waals surface area contributed by atoms with Crippen molar-refractivity contribution in [2.45, 2.75) is 180 Å². The van der Waals surface area contributed by atoms with E-state index in [4.69, 9.17) is 23.8 Å². The molecule has 0 spiro atoms. The third-order valence-corrected chi connectivity index (χ3v) is 10.6. The lowest BCUT2D eigenvalue weighted by atomic mass is 10.1. The fourth-order valence-electron chi connectivity index (χ4n) is 5.69. The molecule has 0 saturated carbocycles. The molecule has 4 atom stereocenters. The summed E-state index contributed by atoms with van der Waals surface area (Å²) in [6, 6.07) is 0. The number of allylic oxidation sites excluding steroid dienone is 10. The van der Waals surface area contributed by atoms with Crippen LogP contribution in [-0.4, -0.2) is 81.6 Å². The minimum atomic E-state index is -4.88. The van der Waals surface area contributed by atoms with Crippen LogP contribution in [0.3, 0.4) is 0 Å². The number of phosphoric acid groups is 2. The number of esters is 2. The van der Waals surface area contributed by atoms with Gasteiger partial charge in [0.1, 0.15) is 12.7 Å². The van der Waals surface area contributed by atoms with Crippen molar-refractivity contribution in [3.63, 3.8) is 0 Å². The minimum Gasteiger partial charge on any atom is -0.462 e. The van der Waals surface area contributed by atoms with Gasteiger partial charge < -0.3 is 34.4 Å². The topological polar surface area (TPSA) is 216 Å². The van der Waals surface area contributed by atoms with Crippen LogP contribution in [0.15, 0.2) is 72.9 Å². The molecule has 0 amide bonds. The maximum Gasteiger partial charge on any atom is 0.472 e. The van der Waals surface area contributed by atoms with Gasteiger partial charge in [-0.2, -0.15) is 0 Å². The standard InChI is InChI=1S/C46H80O14P2/c1-3-5-7-8-9-10-11-12-13-14-15-16-21-24-27-30-33-37-46(50)60-44(41-59-62(54,55)58-39-43(48)38-57-61(51,52)53)40-56-45(49)36-32-29-26-23-20-18-17-19-22-25-28-31-35-42(47)34-6-4-2/h6,12-13,17-18,22-23,25-26,28,31,34,42-44,47-48H,3-5,7-11,14-16,19-21,24,27,29-30,32-33,35-41H2,1-2H3,(H,54,55)(H2,51,52,53)/b13-12-,18-17-,25-22-,26-23-,31-28+,34-6-/t42?,43-,44+/m0/s1. The van der Waals surface area contributed by atoms with Crippen molar-refractivity contribution < 1.29 is 66.7 Å². The van der Waals surface area contributed by atoms with Gasteiger partial charge in [0.05, 0.1) is 25.9 Å². The van der Waals surface area contributed by atoms with Crippen LogP contribution in [0, 0.1) is 0 Å². The summed E-state index contributed by atoms with van der Waals surface area (Å²) in [6.45, 7) is 1.44. The molecule has 0 bridgehead atoms.